The molecule has 1 atom stereocenters. The molecule has 0 radical (unpaired) electrons. The van der Waals surface area contributed by atoms with E-state index in [1.54, 1.807) is 55.5 Å². The quantitative estimate of drug-likeness (QED) is 0.359. The van der Waals surface area contributed by atoms with Crippen LogP contribution in [0.3, 0.4) is 0 Å². The van der Waals surface area contributed by atoms with Crippen LogP contribution in [0.4, 0.5) is 16.2 Å². The number of para-hydroxylation sites is 1. The fraction of sp³-hybridized carbons (Fsp3) is 0.130. The first-order valence-corrected chi connectivity index (χ1v) is 10.2. The maximum atomic E-state index is 12.9. The Hall–Kier alpha value is -4.11. The highest BCUT2D eigenvalue weighted by molar-refractivity contribution is 6.34. The number of hydrogen-bond acceptors (Lipinski definition) is 4. The Balaban J connectivity index is 1.94. The number of fused-ring (bicyclic) bond motifs is 1. The Morgan fingerprint density at radius 3 is 2.27 bits per heavy atom. The fourth-order valence-corrected chi connectivity index (χ4v) is 3.50. The normalized spacial score (nSPS) is 11.5. The standard InChI is InChI=1S/C23H21ClN4O5/c1-12-5-4-8-16(24)20(12)28-23(33)27-17-10-14-7-3-2-6-13(14)9-15(17)21(30)26-18(22(31)32)11-19(25)29/h2-10,18H,11H2,1H3,(H2,25,29)(H,26,30)(H,31,32)(H2,27,28,33)/t18-/m0/s1. The summed E-state index contributed by atoms with van der Waals surface area (Å²) in [6, 6.07) is 13.2. The number of benzene rings is 3. The van der Waals surface area contributed by atoms with Crippen LogP contribution >= 0.6 is 11.6 Å². The Morgan fingerprint density at radius 2 is 1.67 bits per heavy atom. The average Bonchev–Trinajstić information content (AvgIpc) is 2.75. The van der Waals surface area contributed by atoms with Gasteiger partial charge in [0, 0.05) is 0 Å². The molecule has 0 fully saturated rings. The van der Waals surface area contributed by atoms with Crippen molar-refractivity contribution >= 4 is 57.6 Å². The van der Waals surface area contributed by atoms with Gasteiger partial charge in [-0.05, 0) is 41.5 Å². The van der Waals surface area contributed by atoms with E-state index in [1.165, 1.54) is 6.07 Å². The lowest BCUT2D eigenvalue weighted by Gasteiger charge is -2.17. The second kappa shape index (κ2) is 10.0. The number of hydrogen-bond donors (Lipinski definition) is 5. The first-order chi connectivity index (χ1) is 15.7. The van der Waals surface area contributed by atoms with Gasteiger partial charge in [0.1, 0.15) is 6.04 Å². The third-order valence-corrected chi connectivity index (χ3v) is 5.16. The van der Waals surface area contributed by atoms with Crippen molar-refractivity contribution in [3.63, 3.8) is 0 Å². The number of primary amides is 1. The molecule has 0 heterocycles. The lowest BCUT2D eigenvalue weighted by atomic mass is 10.0. The number of urea groups is 1. The summed E-state index contributed by atoms with van der Waals surface area (Å²) >= 11 is 6.16. The van der Waals surface area contributed by atoms with E-state index < -0.39 is 36.3 Å². The third kappa shape index (κ3) is 5.78. The summed E-state index contributed by atoms with van der Waals surface area (Å²) in [5.41, 5.74) is 6.38. The van der Waals surface area contributed by atoms with Crippen molar-refractivity contribution in [2.24, 2.45) is 5.73 Å². The van der Waals surface area contributed by atoms with E-state index in [-0.39, 0.29) is 11.3 Å². The molecular formula is C23H21ClN4O5. The molecule has 0 aliphatic carbocycles. The van der Waals surface area contributed by atoms with Gasteiger partial charge in [-0.3, -0.25) is 9.59 Å². The summed E-state index contributed by atoms with van der Waals surface area (Å²) < 4.78 is 0. The van der Waals surface area contributed by atoms with Crippen molar-refractivity contribution in [2.45, 2.75) is 19.4 Å². The molecule has 3 aromatic carbocycles. The molecule has 0 aliphatic rings. The van der Waals surface area contributed by atoms with Gasteiger partial charge in [-0.2, -0.15) is 0 Å². The number of halogens is 1. The number of rotatable bonds is 7. The summed E-state index contributed by atoms with van der Waals surface area (Å²) in [5, 5.41) is 18.6. The Bertz CT molecular complexity index is 1240. The number of anilines is 2. The van der Waals surface area contributed by atoms with Crippen molar-refractivity contribution < 1.29 is 24.3 Å². The average molecular weight is 469 g/mol. The van der Waals surface area contributed by atoms with Gasteiger partial charge >= 0.3 is 12.0 Å². The number of carboxylic acid groups (broad SMARTS) is 1. The van der Waals surface area contributed by atoms with Gasteiger partial charge in [0.25, 0.3) is 5.91 Å². The van der Waals surface area contributed by atoms with Crippen molar-refractivity contribution in [1.82, 2.24) is 5.32 Å². The van der Waals surface area contributed by atoms with Crippen LogP contribution in [-0.4, -0.2) is 35.0 Å². The van der Waals surface area contributed by atoms with Crippen LogP contribution in [0, 0.1) is 6.92 Å². The number of aryl methyl sites for hydroxylation is 1. The minimum Gasteiger partial charge on any atom is -0.480 e. The van der Waals surface area contributed by atoms with Gasteiger partial charge in [0.15, 0.2) is 0 Å². The highest BCUT2D eigenvalue weighted by Crippen LogP contribution is 2.27. The molecule has 0 aliphatic heterocycles. The van der Waals surface area contributed by atoms with Crippen LogP contribution in [0.1, 0.15) is 22.3 Å². The molecule has 0 saturated carbocycles. The number of carbonyl (C=O) groups excluding carboxylic acids is 3. The molecule has 0 aromatic heterocycles. The summed E-state index contributed by atoms with van der Waals surface area (Å²) in [5.74, 6) is -3.09. The zero-order valence-electron chi connectivity index (χ0n) is 17.5. The number of carbonyl (C=O) groups is 4. The Labute approximate surface area is 193 Å². The van der Waals surface area contributed by atoms with E-state index in [0.717, 1.165) is 10.9 Å². The van der Waals surface area contributed by atoms with E-state index in [1.807, 2.05) is 0 Å². The van der Waals surface area contributed by atoms with Gasteiger partial charge in [0.05, 0.1) is 28.4 Å². The van der Waals surface area contributed by atoms with E-state index in [0.29, 0.717) is 16.1 Å². The third-order valence-electron chi connectivity index (χ3n) is 4.85. The number of aliphatic carboxylic acids is 1. The number of amides is 4. The molecule has 33 heavy (non-hydrogen) atoms. The molecule has 9 nitrogen and oxygen atoms in total. The Kier molecular flexibility index (Phi) is 7.14. The smallest absolute Gasteiger partial charge is 0.326 e. The van der Waals surface area contributed by atoms with E-state index in [9.17, 15) is 24.3 Å². The van der Waals surface area contributed by atoms with Gasteiger partial charge in [-0.1, -0.05) is 48.0 Å². The molecule has 6 N–H and O–H groups in total. The fourth-order valence-electron chi connectivity index (χ4n) is 3.23. The second-order valence-electron chi connectivity index (χ2n) is 7.29. The van der Waals surface area contributed by atoms with E-state index >= 15 is 0 Å². The van der Waals surface area contributed by atoms with Crippen molar-refractivity contribution in [1.29, 1.82) is 0 Å². The SMILES string of the molecule is Cc1cccc(Cl)c1NC(=O)Nc1cc2ccccc2cc1C(=O)N[C@@H](CC(N)=O)C(=O)O. The highest BCUT2D eigenvalue weighted by Gasteiger charge is 2.25. The molecule has 0 saturated heterocycles. The zero-order valence-corrected chi connectivity index (χ0v) is 18.3. The molecule has 170 valence electrons. The molecule has 0 bridgehead atoms. The van der Waals surface area contributed by atoms with Crippen molar-refractivity contribution in [2.75, 3.05) is 10.6 Å². The van der Waals surface area contributed by atoms with Crippen molar-refractivity contribution in [3.8, 4) is 0 Å². The monoisotopic (exact) mass is 468 g/mol. The predicted octanol–water partition coefficient (Wildman–Crippen LogP) is 3.50. The molecule has 3 aromatic rings. The molecular weight excluding hydrogens is 448 g/mol. The first-order valence-electron chi connectivity index (χ1n) is 9.83. The highest BCUT2D eigenvalue weighted by atomic mass is 35.5. The molecule has 0 spiro atoms. The zero-order chi connectivity index (χ0) is 24.1. The van der Waals surface area contributed by atoms with Crippen LogP contribution in [-0.2, 0) is 9.59 Å². The minimum atomic E-state index is -1.52. The maximum Gasteiger partial charge on any atom is 0.326 e. The summed E-state index contributed by atoms with van der Waals surface area (Å²) in [6.07, 6.45) is -0.580. The molecule has 4 amide bonds. The van der Waals surface area contributed by atoms with Crippen LogP contribution in [0.25, 0.3) is 10.8 Å². The van der Waals surface area contributed by atoms with Crippen LogP contribution in [0.5, 0.6) is 0 Å². The van der Waals surface area contributed by atoms with E-state index in [4.69, 9.17) is 17.3 Å². The predicted molar refractivity (Wildman–Crippen MR) is 125 cm³/mol. The lowest BCUT2D eigenvalue weighted by Crippen LogP contribution is -2.43. The van der Waals surface area contributed by atoms with E-state index in [2.05, 4.69) is 16.0 Å². The van der Waals surface area contributed by atoms with Gasteiger partial charge < -0.3 is 26.8 Å². The summed E-state index contributed by atoms with van der Waals surface area (Å²) in [4.78, 5) is 48.2. The molecule has 0 unspecified atom stereocenters. The van der Waals surface area contributed by atoms with Gasteiger partial charge in [-0.25, -0.2) is 9.59 Å². The maximum absolute atomic E-state index is 12.9. The second-order valence-corrected chi connectivity index (χ2v) is 7.70. The van der Waals surface area contributed by atoms with Crippen LogP contribution < -0.4 is 21.7 Å². The first kappa shape index (κ1) is 23.6. The summed E-state index contributed by atoms with van der Waals surface area (Å²) in [6.45, 7) is 1.78. The number of nitrogens with one attached hydrogen (secondary N) is 3. The minimum absolute atomic E-state index is 0.00968. The van der Waals surface area contributed by atoms with Crippen LogP contribution in [0.15, 0.2) is 54.6 Å². The lowest BCUT2D eigenvalue weighted by molar-refractivity contribution is -0.140. The Morgan fingerprint density at radius 1 is 1.00 bits per heavy atom. The largest absolute Gasteiger partial charge is 0.480 e. The summed E-state index contributed by atoms with van der Waals surface area (Å²) in [7, 11) is 0. The topological polar surface area (TPSA) is 151 Å². The van der Waals surface area contributed by atoms with Gasteiger partial charge in [-0.15, -0.1) is 0 Å². The molecule has 10 heteroatoms. The van der Waals surface area contributed by atoms with Crippen LogP contribution in [0.2, 0.25) is 5.02 Å². The van der Waals surface area contributed by atoms with Crippen molar-refractivity contribution in [3.05, 3.63) is 70.7 Å². The number of carboxylic acids is 1. The molecule has 3 rings (SSSR count). The van der Waals surface area contributed by atoms with Gasteiger partial charge in [0.2, 0.25) is 5.91 Å². The number of nitrogens with two attached hydrogens (primary N) is 1.